The summed E-state index contributed by atoms with van der Waals surface area (Å²) in [5.74, 6) is 0.386. The van der Waals surface area contributed by atoms with Crippen molar-refractivity contribution < 1.29 is 5.11 Å². The highest BCUT2D eigenvalue weighted by Crippen LogP contribution is 2.32. The van der Waals surface area contributed by atoms with E-state index in [0.717, 1.165) is 42.4 Å². The van der Waals surface area contributed by atoms with Gasteiger partial charge >= 0.3 is 0 Å². The Morgan fingerprint density at radius 2 is 2.00 bits per heavy atom. The lowest BCUT2D eigenvalue weighted by molar-refractivity contribution is 0.0902. The first-order valence-electron chi connectivity index (χ1n) is 6.31. The van der Waals surface area contributed by atoms with Gasteiger partial charge in [-0.15, -0.1) is 0 Å². The van der Waals surface area contributed by atoms with Crippen LogP contribution < -0.4 is 5.32 Å². The Balaban J connectivity index is 1.94. The quantitative estimate of drug-likeness (QED) is 0.740. The third-order valence-corrected chi connectivity index (χ3v) is 3.78. The minimum Gasteiger partial charge on any atom is -0.388 e. The molecule has 0 bridgehead atoms. The van der Waals surface area contributed by atoms with E-state index in [4.69, 9.17) is 0 Å². The summed E-state index contributed by atoms with van der Waals surface area (Å²) in [6, 6.07) is 8.16. The van der Waals surface area contributed by atoms with E-state index in [-0.39, 0.29) is 6.10 Å². The van der Waals surface area contributed by atoms with Crippen LogP contribution in [0.5, 0.6) is 0 Å². The smallest absolute Gasteiger partial charge is 0.0825 e. The van der Waals surface area contributed by atoms with Gasteiger partial charge in [-0.2, -0.15) is 0 Å². The maximum Gasteiger partial charge on any atom is 0.0825 e. The zero-order valence-corrected chi connectivity index (χ0v) is 9.82. The molecule has 0 radical (unpaired) electrons. The van der Waals surface area contributed by atoms with Crippen molar-refractivity contribution in [2.45, 2.75) is 18.9 Å². The zero-order chi connectivity index (χ0) is 11.7. The fraction of sp³-hybridized carbons (Fsp3) is 0.429. The van der Waals surface area contributed by atoms with Crippen LogP contribution in [0.4, 0.5) is 0 Å². The second-order valence-electron chi connectivity index (χ2n) is 4.82. The Morgan fingerprint density at radius 3 is 2.82 bits per heavy atom. The third kappa shape index (κ3) is 1.96. The Kier molecular flexibility index (Phi) is 2.87. The number of nitrogens with one attached hydrogen (secondary N) is 2. The van der Waals surface area contributed by atoms with Gasteiger partial charge in [0.1, 0.15) is 0 Å². The standard InChI is InChI=1S/C14H18N2O/c17-14(10-4-7-15-8-5-10)12-2-1-3-13-11(12)6-9-16-13/h1-3,6,9-10,14-17H,4-5,7-8H2. The predicted molar refractivity (Wildman–Crippen MR) is 68.9 cm³/mol. The van der Waals surface area contributed by atoms with E-state index in [1.54, 1.807) is 0 Å². The van der Waals surface area contributed by atoms with Gasteiger partial charge in [0.15, 0.2) is 0 Å². The maximum absolute atomic E-state index is 10.5. The number of hydrogen-bond acceptors (Lipinski definition) is 2. The van der Waals surface area contributed by atoms with Gasteiger partial charge in [-0.3, -0.25) is 0 Å². The van der Waals surface area contributed by atoms with Crippen LogP contribution in [0.2, 0.25) is 0 Å². The second kappa shape index (κ2) is 4.51. The molecule has 1 fully saturated rings. The molecular formula is C14H18N2O. The molecule has 1 aromatic heterocycles. The average Bonchev–Trinajstić information content (AvgIpc) is 2.87. The van der Waals surface area contributed by atoms with E-state index in [2.05, 4.69) is 16.4 Å². The molecule has 1 aliphatic rings. The largest absolute Gasteiger partial charge is 0.388 e. The first-order chi connectivity index (χ1) is 8.36. The summed E-state index contributed by atoms with van der Waals surface area (Å²) in [5.41, 5.74) is 2.17. The molecule has 1 aliphatic heterocycles. The van der Waals surface area contributed by atoms with Crippen molar-refractivity contribution in [2.24, 2.45) is 5.92 Å². The van der Waals surface area contributed by atoms with E-state index < -0.39 is 0 Å². The van der Waals surface area contributed by atoms with Crippen LogP contribution >= 0.6 is 0 Å². The molecule has 3 heteroatoms. The maximum atomic E-state index is 10.5. The highest BCUT2D eigenvalue weighted by Gasteiger charge is 2.24. The van der Waals surface area contributed by atoms with E-state index in [9.17, 15) is 5.11 Å². The summed E-state index contributed by atoms with van der Waals surface area (Å²) in [4.78, 5) is 3.19. The van der Waals surface area contributed by atoms with Crippen molar-refractivity contribution in [3.8, 4) is 0 Å². The molecule has 0 saturated carbocycles. The molecule has 2 heterocycles. The number of piperidine rings is 1. The molecule has 0 spiro atoms. The number of aliphatic hydroxyl groups is 1. The molecule has 0 aliphatic carbocycles. The van der Waals surface area contributed by atoms with Gasteiger partial charge in [0.2, 0.25) is 0 Å². The summed E-state index contributed by atoms with van der Waals surface area (Å²) in [5, 5.41) is 15.0. The number of aliphatic hydroxyl groups excluding tert-OH is 1. The van der Waals surface area contributed by atoms with Crippen LogP contribution in [-0.4, -0.2) is 23.2 Å². The molecule has 1 aromatic carbocycles. The van der Waals surface area contributed by atoms with E-state index in [0.29, 0.717) is 5.92 Å². The van der Waals surface area contributed by atoms with Gasteiger partial charge < -0.3 is 15.4 Å². The van der Waals surface area contributed by atoms with Gasteiger partial charge in [-0.25, -0.2) is 0 Å². The predicted octanol–water partition coefficient (Wildman–Crippen LogP) is 2.20. The average molecular weight is 230 g/mol. The Morgan fingerprint density at radius 1 is 1.18 bits per heavy atom. The molecule has 1 unspecified atom stereocenters. The summed E-state index contributed by atoms with van der Waals surface area (Å²) in [7, 11) is 0. The second-order valence-corrected chi connectivity index (χ2v) is 4.82. The molecule has 90 valence electrons. The summed E-state index contributed by atoms with van der Waals surface area (Å²) >= 11 is 0. The van der Waals surface area contributed by atoms with Gasteiger partial charge in [0.25, 0.3) is 0 Å². The minimum absolute atomic E-state index is 0.336. The van der Waals surface area contributed by atoms with Crippen molar-refractivity contribution in [3.05, 3.63) is 36.0 Å². The molecule has 0 amide bonds. The molecule has 1 atom stereocenters. The van der Waals surface area contributed by atoms with Crippen molar-refractivity contribution in [3.63, 3.8) is 0 Å². The first kappa shape index (κ1) is 10.8. The number of benzene rings is 1. The van der Waals surface area contributed by atoms with Crippen LogP contribution in [-0.2, 0) is 0 Å². The van der Waals surface area contributed by atoms with E-state index in [1.165, 1.54) is 0 Å². The SMILES string of the molecule is OC(c1cccc2[nH]ccc12)C1CCNCC1. The third-order valence-electron chi connectivity index (χ3n) is 3.78. The lowest BCUT2D eigenvalue weighted by atomic mass is 9.87. The summed E-state index contributed by atoms with van der Waals surface area (Å²) in [6.45, 7) is 2.04. The lowest BCUT2D eigenvalue weighted by Gasteiger charge is -2.27. The number of H-pyrrole nitrogens is 1. The van der Waals surface area contributed by atoms with Crippen LogP contribution in [0, 0.1) is 5.92 Å². The molecule has 1 saturated heterocycles. The minimum atomic E-state index is -0.336. The number of rotatable bonds is 2. The Bertz CT molecular complexity index is 500. The van der Waals surface area contributed by atoms with Gasteiger partial charge in [-0.05, 0) is 49.5 Å². The van der Waals surface area contributed by atoms with E-state index >= 15 is 0 Å². The van der Waals surface area contributed by atoms with Crippen molar-refractivity contribution in [2.75, 3.05) is 13.1 Å². The van der Waals surface area contributed by atoms with Crippen LogP contribution in [0.1, 0.15) is 24.5 Å². The highest BCUT2D eigenvalue weighted by atomic mass is 16.3. The van der Waals surface area contributed by atoms with Gasteiger partial charge in [0, 0.05) is 17.1 Å². The number of aromatic nitrogens is 1. The number of aromatic amines is 1. The van der Waals surface area contributed by atoms with E-state index in [1.807, 2.05) is 24.4 Å². The topological polar surface area (TPSA) is 48.0 Å². The molecular weight excluding hydrogens is 212 g/mol. The number of fused-ring (bicyclic) bond motifs is 1. The highest BCUT2D eigenvalue weighted by molar-refractivity contribution is 5.83. The first-order valence-corrected chi connectivity index (χ1v) is 6.31. The van der Waals surface area contributed by atoms with Crippen LogP contribution in [0.25, 0.3) is 10.9 Å². The molecule has 3 nitrogen and oxygen atoms in total. The lowest BCUT2D eigenvalue weighted by Crippen LogP contribution is -2.30. The fourth-order valence-electron chi connectivity index (χ4n) is 2.78. The molecule has 2 aromatic rings. The van der Waals surface area contributed by atoms with Crippen molar-refractivity contribution >= 4 is 10.9 Å². The van der Waals surface area contributed by atoms with Gasteiger partial charge in [-0.1, -0.05) is 12.1 Å². The van der Waals surface area contributed by atoms with Crippen molar-refractivity contribution in [1.29, 1.82) is 0 Å². The molecule has 3 rings (SSSR count). The Labute approximate surface area is 101 Å². The van der Waals surface area contributed by atoms with Gasteiger partial charge in [0.05, 0.1) is 6.10 Å². The monoisotopic (exact) mass is 230 g/mol. The molecule has 17 heavy (non-hydrogen) atoms. The normalized spacial score (nSPS) is 19.6. The zero-order valence-electron chi connectivity index (χ0n) is 9.82. The number of hydrogen-bond donors (Lipinski definition) is 3. The Hall–Kier alpha value is -1.32. The van der Waals surface area contributed by atoms with Crippen molar-refractivity contribution in [1.82, 2.24) is 10.3 Å². The summed E-state index contributed by atoms with van der Waals surface area (Å²) < 4.78 is 0. The van der Waals surface area contributed by atoms with Crippen LogP contribution in [0.15, 0.2) is 30.5 Å². The van der Waals surface area contributed by atoms with Crippen LogP contribution in [0.3, 0.4) is 0 Å². The fourth-order valence-corrected chi connectivity index (χ4v) is 2.78. The molecule has 3 N–H and O–H groups in total. The summed E-state index contributed by atoms with van der Waals surface area (Å²) in [6.07, 6.45) is 3.71.